The van der Waals surface area contributed by atoms with Crippen LogP contribution in [0.5, 0.6) is 0 Å². The highest BCUT2D eigenvalue weighted by Gasteiger charge is 2.12. The van der Waals surface area contributed by atoms with E-state index in [-0.39, 0.29) is 5.91 Å². The molecule has 0 saturated carbocycles. The summed E-state index contributed by atoms with van der Waals surface area (Å²) in [7, 11) is 0. The minimum absolute atomic E-state index is 0.0642. The van der Waals surface area contributed by atoms with Crippen LogP contribution >= 0.6 is 0 Å². The molecule has 0 saturated heterocycles. The predicted molar refractivity (Wildman–Crippen MR) is 86.8 cm³/mol. The number of nitrogens with two attached hydrogens (primary N) is 1. The van der Waals surface area contributed by atoms with Gasteiger partial charge in [0.25, 0.3) is 5.91 Å². The molecule has 5 heteroatoms. The summed E-state index contributed by atoms with van der Waals surface area (Å²) in [6.07, 6.45) is 3.86. The number of fused-ring (bicyclic) bond motifs is 2. The second-order valence-corrected chi connectivity index (χ2v) is 5.34. The maximum atomic E-state index is 12.5. The Morgan fingerprint density at radius 1 is 1.14 bits per heavy atom. The zero-order chi connectivity index (χ0) is 15.1. The van der Waals surface area contributed by atoms with Crippen molar-refractivity contribution in [3.05, 3.63) is 60.4 Å². The maximum absolute atomic E-state index is 12.5. The molecule has 2 aromatic heterocycles. The third kappa shape index (κ3) is 2.03. The minimum Gasteiger partial charge on any atom is -0.399 e. The molecule has 108 valence electrons. The van der Waals surface area contributed by atoms with Crippen molar-refractivity contribution in [1.29, 1.82) is 0 Å². The van der Waals surface area contributed by atoms with Gasteiger partial charge in [-0.25, -0.2) is 0 Å². The highest BCUT2D eigenvalue weighted by Crippen LogP contribution is 2.19. The number of hydrogen-bond acceptors (Lipinski definition) is 3. The summed E-state index contributed by atoms with van der Waals surface area (Å²) in [6.45, 7) is 0. The lowest BCUT2D eigenvalue weighted by Gasteiger charge is -2.04. The van der Waals surface area contributed by atoms with Gasteiger partial charge in [-0.05, 0) is 41.3 Å². The molecule has 0 aliphatic carbocycles. The molecule has 22 heavy (non-hydrogen) atoms. The Hall–Kier alpha value is -3.08. The third-order valence-electron chi connectivity index (χ3n) is 3.80. The molecule has 5 nitrogen and oxygen atoms in total. The van der Waals surface area contributed by atoms with E-state index in [0.29, 0.717) is 12.1 Å². The van der Waals surface area contributed by atoms with E-state index in [1.165, 1.54) is 4.68 Å². The van der Waals surface area contributed by atoms with Crippen LogP contribution in [0.3, 0.4) is 0 Å². The van der Waals surface area contributed by atoms with E-state index in [9.17, 15) is 4.79 Å². The Kier molecular flexibility index (Phi) is 2.72. The zero-order valence-corrected chi connectivity index (χ0v) is 11.8. The first-order valence-electron chi connectivity index (χ1n) is 7.03. The number of rotatable bonds is 2. The summed E-state index contributed by atoms with van der Waals surface area (Å²) in [6, 6.07) is 13.4. The first-order chi connectivity index (χ1) is 10.7. The molecule has 2 heterocycles. The van der Waals surface area contributed by atoms with Crippen LogP contribution in [0.2, 0.25) is 0 Å². The molecule has 0 radical (unpaired) electrons. The molecule has 0 fully saturated rings. The first-order valence-corrected chi connectivity index (χ1v) is 7.03. The van der Waals surface area contributed by atoms with Crippen molar-refractivity contribution >= 4 is 33.4 Å². The molecule has 3 N–H and O–H groups in total. The monoisotopic (exact) mass is 290 g/mol. The average Bonchev–Trinajstić information content (AvgIpc) is 3.12. The molecular weight excluding hydrogens is 276 g/mol. The Bertz CT molecular complexity index is 996. The number of H-pyrrole nitrogens is 1. The SMILES string of the molecule is Nc1ccc2c(cnn2C(=O)Cc2ccc3cc[nH]c3c2)c1. The molecule has 0 amide bonds. The van der Waals surface area contributed by atoms with Gasteiger partial charge in [-0.3, -0.25) is 4.79 Å². The number of benzene rings is 2. The number of nitrogen functional groups attached to an aromatic ring is 1. The lowest BCUT2D eigenvalue weighted by molar-refractivity contribution is 0.0904. The Morgan fingerprint density at radius 2 is 2.05 bits per heavy atom. The van der Waals surface area contributed by atoms with E-state index in [1.807, 2.05) is 42.6 Å². The fraction of sp³-hybridized carbons (Fsp3) is 0.0588. The number of nitrogens with one attached hydrogen (secondary N) is 1. The highest BCUT2D eigenvalue weighted by atomic mass is 16.2. The molecule has 0 bridgehead atoms. The molecule has 2 aromatic carbocycles. The van der Waals surface area contributed by atoms with E-state index < -0.39 is 0 Å². The summed E-state index contributed by atoms with van der Waals surface area (Å²) < 4.78 is 1.44. The topological polar surface area (TPSA) is 76.7 Å². The van der Waals surface area contributed by atoms with Crippen molar-refractivity contribution in [1.82, 2.24) is 14.8 Å². The summed E-state index contributed by atoms with van der Waals surface area (Å²) in [4.78, 5) is 15.7. The fourth-order valence-corrected chi connectivity index (χ4v) is 2.70. The molecule has 0 aliphatic rings. The van der Waals surface area contributed by atoms with Crippen LogP contribution in [0, 0.1) is 0 Å². The predicted octanol–water partition coefficient (Wildman–Crippen LogP) is 2.98. The van der Waals surface area contributed by atoms with Crippen LogP contribution in [-0.4, -0.2) is 20.7 Å². The van der Waals surface area contributed by atoms with Gasteiger partial charge in [0, 0.05) is 22.8 Å². The van der Waals surface area contributed by atoms with Crippen molar-refractivity contribution in [2.45, 2.75) is 6.42 Å². The summed E-state index contributed by atoms with van der Waals surface area (Å²) in [5.74, 6) is -0.0642. The number of aromatic nitrogens is 3. The van der Waals surface area contributed by atoms with Gasteiger partial charge in [0.15, 0.2) is 0 Å². The van der Waals surface area contributed by atoms with Crippen LogP contribution < -0.4 is 5.73 Å². The van der Waals surface area contributed by atoms with Gasteiger partial charge >= 0.3 is 0 Å². The van der Waals surface area contributed by atoms with Crippen LogP contribution in [-0.2, 0) is 6.42 Å². The molecule has 0 aliphatic heterocycles. The van der Waals surface area contributed by atoms with E-state index >= 15 is 0 Å². The molecule has 4 aromatic rings. The third-order valence-corrected chi connectivity index (χ3v) is 3.80. The molecule has 4 rings (SSSR count). The van der Waals surface area contributed by atoms with Gasteiger partial charge in [0.05, 0.1) is 18.1 Å². The molecule has 0 spiro atoms. The normalized spacial score (nSPS) is 11.3. The van der Waals surface area contributed by atoms with Crippen molar-refractivity contribution in [2.75, 3.05) is 5.73 Å². The summed E-state index contributed by atoms with van der Waals surface area (Å²) in [5.41, 5.74) is 9.18. The van der Waals surface area contributed by atoms with Crippen molar-refractivity contribution in [3.63, 3.8) is 0 Å². The number of anilines is 1. The number of carbonyl (C=O) groups excluding carboxylic acids is 1. The van der Waals surface area contributed by atoms with E-state index in [4.69, 9.17) is 5.73 Å². The molecule has 0 atom stereocenters. The second kappa shape index (κ2) is 4.73. The van der Waals surface area contributed by atoms with Crippen molar-refractivity contribution in [2.24, 2.45) is 0 Å². The quantitative estimate of drug-likeness (QED) is 0.557. The van der Waals surface area contributed by atoms with E-state index in [2.05, 4.69) is 10.1 Å². The van der Waals surface area contributed by atoms with Gasteiger partial charge in [0.2, 0.25) is 0 Å². The lowest BCUT2D eigenvalue weighted by Crippen LogP contribution is -2.14. The van der Waals surface area contributed by atoms with Crippen LogP contribution in [0.1, 0.15) is 10.4 Å². The number of carbonyl (C=O) groups is 1. The minimum atomic E-state index is -0.0642. The number of nitrogens with zero attached hydrogens (tertiary/aromatic N) is 2. The van der Waals surface area contributed by atoms with Gasteiger partial charge < -0.3 is 10.7 Å². The lowest BCUT2D eigenvalue weighted by atomic mass is 10.1. The zero-order valence-electron chi connectivity index (χ0n) is 11.8. The maximum Gasteiger partial charge on any atom is 0.251 e. The van der Waals surface area contributed by atoms with Gasteiger partial charge in [-0.15, -0.1) is 0 Å². The Labute approximate surface area is 126 Å². The number of hydrogen-bond donors (Lipinski definition) is 2. The van der Waals surface area contributed by atoms with Gasteiger partial charge in [-0.2, -0.15) is 9.78 Å². The molecular formula is C17H14N4O. The van der Waals surface area contributed by atoms with Crippen LogP contribution in [0.15, 0.2) is 54.9 Å². The Balaban J connectivity index is 1.68. The number of aromatic amines is 1. The summed E-state index contributed by atoms with van der Waals surface area (Å²) in [5, 5.41) is 6.19. The van der Waals surface area contributed by atoms with E-state index in [1.54, 1.807) is 12.3 Å². The largest absolute Gasteiger partial charge is 0.399 e. The van der Waals surface area contributed by atoms with Crippen LogP contribution in [0.4, 0.5) is 5.69 Å². The highest BCUT2D eigenvalue weighted by molar-refractivity contribution is 5.93. The van der Waals surface area contributed by atoms with Gasteiger partial charge in [0.1, 0.15) is 0 Å². The average molecular weight is 290 g/mol. The summed E-state index contributed by atoms with van der Waals surface area (Å²) >= 11 is 0. The smallest absolute Gasteiger partial charge is 0.251 e. The van der Waals surface area contributed by atoms with Crippen molar-refractivity contribution in [3.8, 4) is 0 Å². The van der Waals surface area contributed by atoms with Gasteiger partial charge in [-0.1, -0.05) is 12.1 Å². The van der Waals surface area contributed by atoms with Crippen LogP contribution in [0.25, 0.3) is 21.8 Å². The van der Waals surface area contributed by atoms with E-state index in [0.717, 1.165) is 27.4 Å². The first kappa shape index (κ1) is 12.6. The standard InChI is InChI=1S/C17H14N4O/c18-14-3-4-16-13(9-14)10-20-21(16)17(22)8-11-1-2-12-5-6-19-15(12)7-11/h1-7,9-10,19H,8,18H2. The second-order valence-electron chi connectivity index (χ2n) is 5.34. The Morgan fingerprint density at radius 3 is 2.95 bits per heavy atom. The molecule has 0 unspecified atom stereocenters. The van der Waals surface area contributed by atoms with Crippen molar-refractivity contribution < 1.29 is 4.79 Å². The fourth-order valence-electron chi connectivity index (χ4n) is 2.70.